The minimum atomic E-state index is -0.829. The lowest BCUT2D eigenvalue weighted by molar-refractivity contribution is -0.136. The summed E-state index contributed by atoms with van der Waals surface area (Å²) in [4.78, 5) is 17.8. The predicted molar refractivity (Wildman–Crippen MR) is 92.4 cm³/mol. The van der Waals surface area contributed by atoms with E-state index in [0.717, 1.165) is 31.3 Å². The van der Waals surface area contributed by atoms with Crippen LogP contribution in [0.5, 0.6) is 0 Å². The van der Waals surface area contributed by atoms with Gasteiger partial charge in [-0.05, 0) is 57.7 Å². The van der Waals surface area contributed by atoms with Crippen LogP contribution < -0.4 is 0 Å². The summed E-state index contributed by atoms with van der Waals surface area (Å²) in [5.41, 5.74) is 2.71. The van der Waals surface area contributed by atoms with Gasteiger partial charge >= 0.3 is 0 Å². The van der Waals surface area contributed by atoms with Gasteiger partial charge in [0.05, 0.1) is 11.6 Å². The lowest BCUT2D eigenvalue weighted by Gasteiger charge is -2.33. The number of carbonyl (C=O) groups is 1. The number of aliphatic hydroxyl groups is 1. The third-order valence-electron chi connectivity index (χ3n) is 4.92. The smallest absolute Gasteiger partial charge is 0.223 e. The molecular formula is C19H26N2O2. The summed E-state index contributed by atoms with van der Waals surface area (Å²) in [5, 5.41) is 11.5. The van der Waals surface area contributed by atoms with E-state index in [4.69, 9.17) is 0 Å². The van der Waals surface area contributed by atoms with Crippen LogP contribution in [0.4, 0.5) is 0 Å². The molecule has 1 aromatic carbocycles. The Balaban J connectivity index is 1.70. The summed E-state index contributed by atoms with van der Waals surface area (Å²) in [6.07, 6.45) is 5.11. The second kappa shape index (κ2) is 6.00. The highest BCUT2D eigenvalue weighted by molar-refractivity contribution is 5.85. The fourth-order valence-corrected chi connectivity index (χ4v) is 3.68. The summed E-state index contributed by atoms with van der Waals surface area (Å²) < 4.78 is 0. The fraction of sp³-hybridized carbons (Fsp3) is 0.526. The molecule has 1 saturated heterocycles. The molecule has 2 aromatic rings. The van der Waals surface area contributed by atoms with Crippen molar-refractivity contribution in [3.05, 3.63) is 35.5 Å². The number of fused-ring (bicyclic) bond motifs is 1. The number of amides is 1. The lowest BCUT2D eigenvalue weighted by atomic mass is 9.96. The largest absolute Gasteiger partial charge is 0.388 e. The van der Waals surface area contributed by atoms with Crippen molar-refractivity contribution in [1.82, 2.24) is 9.88 Å². The number of aryl methyl sites for hydroxylation is 2. The Morgan fingerprint density at radius 2 is 2.22 bits per heavy atom. The number of aromatic nitrogens is 1. The van der Waals surface area contributed by atoms with Crippen LogP contribution in [-0.4, -0.2) is 39.1 Å². The summed E-state index contributed by atoms with van der Waals surface area (Å²) in [6, 6.07) is 6.29. The molecule has 0 bridgehead atoms. The highest BCUT2D eigenvalue weighted by Gasteiger charge is 2.38. The minimum absolute atomic E-state index is 0.0554. The zero-order chi connectivity index (χ0) is 16.6. The standard InChI is InChI=1S/C19H26N2O2/c1-13-6-8-16-15(11-13)14(12-20-16)7-9-18(22)21-10-4-5-17(21)19(2,3)23/h6,8,11-12,17,20,23H,4-5,7,9-10H2,1-3H3. The number of nitrogens with one attached hydrogen (secondary N) is 1. The van der Waals surface area contributed by atoms with Crippen LogP contribution in [0, 0.1) is 6.92 Å². The Morgan fingerprint density at radius 3 is 2.96 bits per heavy atom. The van der Waals surface area contributed by atoms with Gasteiger partial charge in [0.1, 0.15) is 0 Å². The molecular weight excluding hydrogens is 288 g/mol. The first-order valence-corrected chi connectivity index (χ1v) is 8.45. The Kier molecular flexibility index (Phi) is 4.19. The van der Waals surface area contributed by atoms with Crippen LogP contribution in [-0.2, 0) is 11.2 Å². The SMILES string of the molecule is Cc1ccc2[nH]cc(CCC(=O)N3CCCC3C(C)(C)O)c2c1. The zero-order valence-corrected chi connectivity index (χ0v) is 14.2. The van der Waals surface area contributed by atoms with Crippen molar-refractivity contribution in [1.29, 1.82) is 0 Å². The van der Waals surface area contributed by atoms with Gasteiger partial charge in [-0.2, -0.15) is 0 Å². The predicted octanol–water partition coefficient (Wildman–Crippen LogP) is 3.17. The van der Waals surface area contributed by atoms with Crippen LogP contribution >= 0.6 is 0 Å². The number of carbonyl (C=O) groups excluding carboxylic acids is 1. The van der Waals surface area contributed by atoms with Crippen molar-refractivity contribution >= 4 is 16.8 Å². The monoisotopic (exact) mass is 314 g/mol. The first-order valence-electron chi connectivity index (χ1n) is 8.45. The Labute approximate surface area is 137 Å². The number of aromatic amines is 1. The lowest BCUT2D eigenvalue weighted by Crippen LogP contribution is -2.48. The number of benzene rings is 1. The molecule has 4 heteroatoms. The summed E-state index contributed by atoms with van der Waals surface area (Å²) >= 11 is 0. The van der Waals surface area contributed by atoms with Gasteiger partial charge in [-0.3, -0.25) is 4.79 Å². The summed E-state index contributed by atoms with van der Waals surface area (Å²) in [7, 11) is 0. The van der Waals surface area contributed by atoms with E-state index in [2.05, 4.69) is 30.1 Å². The van der Waals surface area contributed by atoms with Crippen LogP contribution in [0.15, 0.2) is 24.4 Å². The second-order valence-corrected chi connectivity index (χ2v) is 7.26. The molecule has 0 saturated carbocycles. The van der Waals surface area contributed by atoms with Crippen molar-refractivity contribution in [3.63, 3.8) is 0 Å². The molecule has 4 nitrogen and oxygen atoms in total. The quantitative estimate of drug-likeness (QED) is 0.910. The molecule has 2 N–H and O–H groups in total. The van der Waals surface area contributed by atoms with Crippen LogP contribution in [0.2, 0.25) is 0 Å². The van der Waals surface area contributed by atoms with Gasteiger partial charge < -0.3 is 15.0 Å². The van der Waals surface area contributed by atoms with E-state index in [1.807, 2.05) is 11.1 Å². The average Bonchev–Trinajstić information content (AvgIpc) is 3.11. The molecule has 1 fully saturated rings. The van der Waals surface area contributed by atoms with Gasteiger partial charge in [0.2, 0.25) is 5.91 Å². The maximum atomic E-state index is 12.6. The first kappa shape index (κ1) is 16.1. The van der Waals surface area contributed by atoms with E-state index < -0.39 is 5.60 Å². The van der Waals surface area contributed by atoms with Gasteiger partial charge in [0, 0.05) is 30.1 Å². The molecule has 2 heterocycles. The summed E-state index contributed by atoms with van der Waals surface area (Å²) in [6.45, 7) is 6.44. The number of nitrogens with zero attached hydrogens (tertiary/aromatic N) is 1. The zero-order valence-electron chi connectivity index (χ0n) is 14.2. The third-order valence-corrected chi connectivity index (χ3v) is 4.92. The molecule has 1 atom stereocenters. The topological polar surface area (TPSA) is 56.3 Å². The second-order valence-electron chi connectivity index (χ2n) is 7.26. The van der Waals surface area contributed by atoms with Gasteiger partial charge in [-0.15, -0.1) is 0 Å². The van der Waals surface area contributed by atoms with Crippen molar-refractivity contribution < 1.29 is 9.90 Å². The van der Waals surface area contributed by atoms with E-state index in [9.17, 15) is 9.90 Å². The molecule has 1 aliphatic rings. The van der Waals surface area contributed by atoms with Crippen molar-refractivity contribution in [2.24, 2.45) is 0 Å². The average molecular weight is 314 g/mol. The molecule has 1 amide bonds. The van der Waals surface area contributed by atoms with Crippen molar-refractivity contribution in [2.75, 3.05) is 6.54 Å². The summed E-state index contributed by atoms with van der Waals surface area (Å²) in [5.74, 6) is 0.150. The molecule has 1 aliphatic heterocycles. The minimum Gasteiger partial charge on any atom is -0.388 e. The van der Waals surface area contributed by atoms with Crippen LogP contribution in [0.1, 0.15) is 44.2 Å². The number of hydrogen-bond donors (Lipinski definition) is 2. The van der Waals surface area contributed by atoms with Gasteiger partial charge in [-0.1, -0.05) is 11.6 Å². The number of likely N-dealkylation sites (tertiary alicyclic amines) is 1. The molecule has 3 rings (SSSR count). The van der Waals surface area contributed by atoms with Crippen molar-refractivity contribution in [2.45, 2.75) is 58.1 Å². The number of H-pyrrole nitrogens is 1. The Morgan fingerprint density at radius 1 is 1.43 bits per heavy atom. The van der Waals surface area contributed by atoms with E-state index in [1.54, 1.807) is 13.8 Å². The van der Waals surface area contributed by atoms with E-state index >= 15 is 0 Å². The van der Waals surface area contributed by atoms with Crippen molar-refractivity contribution in [3.8, 4) is 0 Å². The van der Waals surface area contributed by atoms with Gasteiger partial charge in [0.25, 0.3) is 0 Å². The third kappa shape index (κ3) is 3.27. The molecule has 0 radical (unpaired) electrons. The molecule has 124 valence electrons. The molecule has 1 aromatic heterocycles. The van der Waals surface area contributed by atoms with E-state index in [0.29, 0.717) is 6.42 Å². The fourth-order valence-electron chi connectivity index (χ4n) is 3.68. The molecule has 1 unspecified atom stereocenters. The Bertz CT molecular complexity index is 712. The van der Waals surface area contributed by atoms with Crippen LogP contribution in [0.3, 0.4) is 0 Å². The highest BCUT2D eigenvalue weighted by atomic mass is 16.3. The number of rotatable bonds is 4. The Hall–Kier alpha value is -1.81. The maximum absolute atomic E-state index is 12.6. The highest BCUT2D eigenvalue weighted by Crippen LogP contribution is 2.28. The normalized spacial score (nSPS) is 18.8. The van der Waals surface area contributed by atoms with Gasteiger partial charge in [-0.25, -0.2) is 0 Å². The van der Waals surface area contributed by atoms with E-state index in [1.165, 1.54) is 16.5 Å². The number of hydrogen-bond acceptors (Lipinski definition) is 2. The molecule has 23 heavy (non-hydrogen) atoms. The van der Waals surface area contributed by atoms with E-state index in [-0.39, 0.29) is 11.9 Å². The maximum Gasteiger partial charge on any atom is 0.223 e. The molecule has 0 spiro atoms. The van der Waals surface area contributed by atoms with Gasteiger partial charge in [0.15, 0.2) is 0 Å². The van der Waals surface area contributed by atoms with Crippen LogP contribution in [0.25, 0.3) is 10.9 Å². The first-order chi connectivity index (χ1) is 10.9. The molecule has 0 aliphatic carbocycles.